The van der Waals surface area contributed by atoms with Gasteiger partial charge < -0.3 is 9.45 Å². The number of hydrogen-bond acceptors (Lipinski definition) is 5. The van der Waals surface area contributed by atoms with Gasteiger partial charge in [-0.1, -0.05) is 11.2 Å². The second-order valence-electron chi connectivity index (χ2n) is 3.47. The molecule has 1 fully saturated rings. The molecule has 1 aromatic heterocycles. The zero-order chi connectivity index (χ0) is 11.5. The van der Waals surface area contributed by atoms with Gasteiger partial charge in [-0.3, -0.25) is 10.1 Å². The van der Waals surface area contributed by atoms with Crippen LogP contribution in [0.1, 0.15) is 0 Å². The van der Waals surface area contributed by atoms with Crippen molar-refractivity contribution in [3.05, 3.63) is 28.4 Å². The molecule has 86 valence electrons. The number of aromatic nitrogens is 1. The van der Waals surface area contributed by atoms with E-state index in [1.54, 1.807) is 6.07 Å². The van der Waals surface area contributed by atoms with Crippen molar-refractivity contribution in [1.29, 1.82) is 0 Å². The molecular formula is C9H11N3O3S. The maximum absolute atomic E-state index is 11.2. The Morgan fingerprint density at radius 1 is 1.38 bits per heavy atom. The average Bonchev–Trinajstić information content (AvgIpc) is 2.30. The molecule has 0 unspecified atom stereocenters. The van der Waals surface area contributed by atoms with Crippen LogP contribution in [0.2, 0.25) is 0 Å². The van der Waals surface area contributed by atoms with Gasteiger partial charge in [-0.2, -0.15) is 0 Å². The summed E-state index contributed by atoms with van der Waals surface area (Å²) in [6.07, 6.45) is 1.25. The van der Waals surface area contributed by atoms with Gasteiger partial charge in [-0.15, -0.1) is 0 Å². The highest BCUT2D eigenvalue weighted by Gasteiger charge is 2.20. The molecule has 1 saturated heterocycles. The third kappa shape index (κ3) is 2.42. The first-order valence-electron chi connectivity index (χ1n) is 4.87. The maximum atomic E-state index is 11.2. The highest BCUT2D eigenvalue weighted by Crippen LogP contribution is 2.17. The molecule has 0 aliphatic carbocycles. The van der Waals surface area contributed by atoms with Crippen molar-refractivity contribution in [2.45, 2.75) is 0 Å². The molecule has 7 heteroatoms. The minimum Gasteiger partial charge on any atom is -0.616 e. The fourth-order valence-corrected chi connectivity index (χ4v) is 2.59. The van der Waals surface area contributed by atoms with E-state index in [-0.39, 0.29) is 5.69 Å². The highest BCUT2D eigenvalue weighted by molar-refractivity contribution is 7.91. The first kappa shape index (κ1) is 11.2. The van der Waals surface area contributed by atoms with E-state index < -0.39 is 16.1 Å². The lowest BCUT2D eigenvalue weighted by molar-refractivity contribution is -0.385. The Hall–Kier alpha value is -1.34. The maximum Gasteiger partial charge on any atom is 0.287 e. The molecule has 0 radical (unpaired) electrons. The molecule has 6 nitrogen and oxygen atoms in total. The van der Waals surface area contributed by atoms with E-state index in [4.69, 9.17) is 0 Å². The molecule has 0 amide bonds. The van der Waals surface area contributed by atoms with Crippen molar-refractivity contribution < 1.29 is 9.48 Å². The number of pyridine rings is 1. The minimum absolute atomic E-state index is 0.00987. The SMILES string of the molecule is O=[N+]([O-])c1ccc(N2CC[S+]([O-])CC2)nc1. The summed E-state index contributed by atoms with van der Waals surface area (Å²) in [5.74, 6) is 1.99. The zero-order valence-electron chi connectivity index (χ0n) is 8.54. The smallest absolute Gasteiger partial charge is 0.287 e. The summed E-state index contributed by atoms with van der Waals surface area (Å²) < 4.78 is 11.2. The summed E-state index contributed by atoms with van der Waals surface area (Å²) in [4.78, 5) is 16.0. The lowest BCUT2D eigenvalue weighted by Crippen LogP contribution is -2.40. The Labute approximate surface area is 95.6 Å². The largest absolute Gasteiger partial charge is 0.616 e. The van der Waals surface area contributed by atoms with Crippen LogP contribution < -0.4 is 4.90 Å². The molecular weight excluding hydrogens is 230 g/mol. The quantitative estimate of drug-likeness (QED) is 0.429. The summed E-state index contributed by atoms with van der Waals surface area (Å²) in [5, 5.41) is 10.4. The predicted molar refractivity (Wildman–Crippen MR) is 61.0 cm³/mol. The molecule has 0 N–H and O–H groups in total. The van der Waals surface area contributed by atoms with Crippen LogP contribution in [0.5, 0.6) is 0 Å². The van der Waals surface area contributed by atoms with Crippen molar-refractivity contribution in [3.63, 3.8) is 0 Å². The summed E-state index contributed by atoms with van der Waals surface area (Å²) >= 11 is -0.724. The van der Waals surface area contributed by atoms with Crippen molar-refractivity contribution in [2.75, 3.05) is 29.5 Å². The van der Waals surface area contributed by atoms with Crippen LogP contribution in [-0.4, -0.2) is 39.1 Å². The molecule has 0 saturated carbocycles. The van der Waals surface area contributed by atoms with E-state index in [1.165, 1.54) is 12.3 Å². The van der Waals surface area contributed by atoms with Crippen molar-refractivity contribution >= 4 is 22.7 Å². The van der Waals surface area contributed by atoms with Crippen molar-refractivity contribution in [2.24, 2.45) is 0 Å². The van der Waals surface area contributed by atoms with Crippen LogP contribution in [-0.2, 0) is 11.2 Å². The predicted octanol–water partition coefficient (Wildman–Crippen LogP) is 0.558. The standard InChI is InChI=1S/C9H11N3O3S/c13-12(14)8-1-2-9(10-7-8)11-3-5-16(15)6-4-11/h1-2,7H,3-6H2. The molecule has 2 rings (SSSR count). The normalized spacial score (nSPS) is 17.4. The van der Waals surface area contributed by atoms with Crippen molar-refractivity contribution in [1.82, 2.24) is 4.98 Å². The van der Waals surface area contributed by atoms with Crippen LogP contribution in [0, 0.1) is 10.1 Å². The minimum atomic E-state index is -0.724. The van der Waals surface area contributed by atoms with E-state index >= 15 is 0 Å². The fraction of sp³-hybridized carbons (Fsp3) is 0.444. The van der Waals surface area contributed by atoms with E-state index in [0.29, 0.717) is 30.4 Å². The molecule has 1 aromatic rings. The molecule has 0 spiro atoms. The van der Waals surface area contributed by atoms with Gasteiger partial charge in [-0.05, 0) is 6.07 Å². The fourth-order valence-electron chi connectivity index (χ4n) is 1.54. The Bertz CT molecular complexity index is 376. The van der Waals surface area contributed by atoms with Gasteiger partial charge >= 0.3 is 0 Å². The van der Waals surface area contributed by atoms with Gasteiger partial charge in [0.25, 0.3) is 5.69 Å². The monoisotopic (exact) mass is 241 g/mol. The second kappa shape index (κ2) is 4.67. The Balaban J connectivity index is 2.07. The van der Waals surface area contributed by atoms with E-state index in [2.05, 4.69) is 4.98 Å². The Kier molecular flexibility index (Phi) is 3.25. The summed E-state index contributed by atoms with van der Waals surface area (Å²) in [6, 6.07) is 3.07. The Morgan fingerprint density at radius 2 is 2.06 bits per heavy atom. The third-order valence-electron chi connectivity index (χ3n) is 2.44. The number of nitrogens with zero attached hydrogens (tertiary/aromatic N) is 3. The first-order valence-corrected chi connectivity index (χ1v) is 6.36. The Morgan fingerprint density at radius 3 is 2.56 bits per heavy atom. The molecule has 0 aromatic carbocycles. The van der Waals surface area contributed by atoms with Crippen LogP contribution in [0.3, 0.4) is 0 Å². The van der Waals surface area contributed by atoms with Gasteiger partial charge in [0.05, 0.1) is 18.0 Å². The topological polar surface area (TPSA) is 82.3 Å². The molecule has 2 heterocycles. The van der Waals surface area contributed by atoms with Crippen LogP contribution in [0.25, 0.3) is 0 Å². The van der Waals surface area contributed by atoms with Gasteiger partial charge in [0.1, 0.15) is 23.5 Å². The lowest BCUT2D eigenvalue weighted by Gasteiger charge is -2.28. The van der Waals surface area contributed by atoms with Crippen molar-refractivity contribution in [3.8, 4) is 0 Å². The lowest BCUT2D eigenvalue weighted by atomic mass is 10.4. The summed E-state index contributed by atoms with van der Waals surface area (Å²) in [5.41, 5.74) is -0.00987. The van der Waals surface area contributed by atoms with E-state index in [0.717, 1.165) is 0 Å². The molecule has 16 heavy (non-hydrogen) atoms. The van der Waals surface area contributed by atoms with Crippen LogP contribution in [0.4, 0.5) is 11.5 Å². The number of hydrogen-bond donors (Lipinski definition) is 0. The van der Waals surface area contributed by atoms with Crippen LogP contribution in [0.15, 0.2) is 18.3 Å². The average molecular weight is 241 g/mol. The summed E-state index contributed by atoms with van der Waals surface area (Å²) in [6.45, 7) is 1.38. The van der Waals surface area contributed by atoms with Gasteiger partial charge in [0.2, 0.25) is 0 Å². The van der Waals surface area contributed by atoms with E-state index in [1.807, 2.05) is 4.90 Å². The molecule has 1 aliphatic rings. The highest BCUT2D eigenvalue weighted by atomic mass is 32.2. The van der Waals surface area contributed by atoms with E-state index in [9.17, 15) is 14.7 Å². The first-order chi connectivity index (χ1) is 7.66. The van der Waals surface area contributed by atoms with Crippen LogP contribution >= 0.6 is 0 Å². The second-order valence-corrected chi connectivity index (χ2v) is 5.16. The van der Waals surface area contributed by atoms with Gasteiger partial charge in [-0.25, -0.2) is 4.98 Å². The van der Waals surface area contributed by atoms with Gasteiger partial charge in [0.15, 0.2) is 0 Å². The molecule has 0 bridgehead atoms. The molecule has 1 aliphatic heterocycles. The number of rotatable bonds is 2. The number of nitro groups is 1. The third-order valence-corrected chi connectivity index (χ3v) is 3.72. The zero-order valence-corrected chi connectivity index (χ0v) is 9.35. The number of anilines is 1. The molecule has 0 atom stereocenters. The summed E-state index contributed by atoms with van der Waals surface area (Å²) in [7, 11) is 0. The van der Waals surface area contributed by atoms with Gasteiger partial charge in [0, 0.05) is 6.07 Å².